The first-order valence-electron chi connectivity index (χ1n) is 7.91. The predicted molar refractivity (Wildman–Crippen MR) is 85.0 cm³/mol. The van der Waals surface area contributed by atoms with Gasteiger partial charge in [-0.15, -0.1) is 21.5 Å². The molecule has 0 bridgehead atoms. The van der Waals surface area contributed by atoms with Gasteiger partial charge < -0.3 is 9.47 Å². The number of nitrogens with zero attached hydrogens (tertiary/aromatic N) is 4. The maximum atomic E-state index is 12.8. The number of fused-ring (bicyclic) bond motifs is 2. The highest BCUT2D eigenvalue weighted by Gasteiger charge is 2.27. The fourth-order valence-electron chi connectivity index (χ4n) is 3.44. The van der Waals surface area contributed by atoms with E-state index in [1.165, 1.54) is 16.9 Å². The fraction of sp³-hybridized carbons (Fsp3) is 0.562. The van der Waals surface area contributed by atoms with E-state index < -0.39 is 0 Å². The number of amides is 1. The van der Waals surface area contributed by atoms with Crippen LogP contribution in [0.25, 0.3) is 0 Å². The summed E-state index contributed by atoms with van der Waals surface area (Å²) in [7, 11) is 0. The zero-order chi connectivity index (χ0) is 15.3. The van der Waals surface area contributed by atoms with Crippen molar-refractivity contribution in [3.8, 4) is 0 Å². The number of hydrogen-bond donors (Lipinski definition) is 0. The van der Waals surface area contributed by atoms with E-state index in [0.717, 1.165) is 48.4 Å². The van der Waals surface area contributed by atoms with Gasteiger partial charge in [-0.3, -0.25) is 4.79 Å². The molecule has 2 aromatic heterocycles. The van der Waals surface area contributed by atoms with Gasteiger partial charge in [0.2, 0.25) is 0 Å². The van der Waals surface area contributed by atoms with Crippen LogP contribution in [0.2, 0.25) is 0 Å². The van der Waals surface area contributed by atoms with Crippen LogP contribution in [0, 0.1) is 12.8 Å². The van der Waals surface area contributed by atoms with Crippen LogP contribution < -0.4 is 0 Å². The molecule has 0 unspecified atom stereocenters. The Balaban J connectivity index is 1.55. The molecule has 0 fully saturated rings. The van der Waals surface area contributed by atoms with E-state index >= 15 is 0 Å². The van der Waals surface area contributed by atoms with Crippen LogP contribution in [0.3, 0.4) is 0 Å². The van der Waals surface area contributed by atoms with Crippen molar-refractivity contribution in [1.29, 1.82) is 0 Å². The monoisotopic (exact) mass is 316 g/mol. The van der Waals surface area contributed by atoms with Gasteiger partial charge in [-0.2, -0.15) is 0 Å². The van der Waals surface area contributed by atoms with Gasteiger partial charge in [0.05, 0.1) is 11.4 Å². The van der Waals surface area contributed by atoms with Gasteiger partial charge in [-0.25, -0.2) is 0 Å². The van der Waals surface area contributed by atoms with Crippen molar-refractivity contribution in [3.63, 3.8) is 0 Å². The first-order chi connectivity index (χ1) is 10.6. The van der Waals surface area contributed by atoms with Crippen molar-refractivity contribution in [2.45, 2.75) is 46.2 Å². The molecule has 0 aromatic carbocycles. The SMILES string of the molecule is Cc1nnc2n1CCN(C(=O)c1cc3c(s1)CC[C@@H](C)C3)C2. The van der Waals surface area contributed by atoms with Crippen molar-refractivity contribution < 1.29 is 4.79 Å². The van der Waals surface area contributed by atoms with Crippen LogP contribution in [0.5, 0.6) is 0 Å². The van der Waals surface area contributed by atoms with Crippen molar-refractivity contribution in [2.24, 2.45) is 5.92 Å². The average molecular weight is 316 g/mol. The number of carbonyl (C=O) groups is 1. The quantitative estimate of drug-likeness (QED) is 0.812. The van der Waals surface area contributed by atoms with E-state index in [9.17, 15) is 4.79 Å². The molecule has 3 heterocycles. The Kier molecular flexibility index (Phi) is 3.29. The molecule has 0 radical (unpaired) electrons. The highest BCUT2D eigenvalue weighted by Crippen LogP contribution is 2.33. The minimum atomic E-state index is 0.152. The lowest BCUT2D eigenvalue weighted by atomic mass is 9.90. The van der Waals surface area contributed by atoms with Crippen LogP contribution in [0.1, 0.15) is 45.1 Å². The lowest BCUT2D eigenvalue weighted by Crippen LogP contribution is -2.38. The van der Waals surface area contributed by atoms with E-state index in [2.05, 4.69) is 27.8 Å². The van der Waals surface area contributed by atoms with E-state index in [0.29, 0.717) is 6.54 Å². The molecule has 4 rings (SSSR count). The van der Waals surface area contributed by atoms with Crippen LogP contribution in [0.4, 0.5) is 0 Å². The molecule has 1 amide bonds. The van der Waals surface area contributed by atoms with Gasteiger partial charge in [-0.05, 0) is 43.7 Å². The topological polar surface area (TPSA) is 51.0 Å². The highest BCUT2D eigenvalue weighted by molar-refractivity contribution is 7.14. The molecule has 5 nitrogen and oxygen atoms in total. The lowest BCUT2D eigenvalue weighted by molar-refractivity contribution is 0.0711. The molecule has 0 saturated heterocycles. The summed E-state index contributed by atoms with van der Waals surface area (Å²) in [6.07, 6.45) is 3.49. The third-order valence-corrected chi connectivity index (χ3v) is 5.99. The Labute approximate surface area is 134 Å². The van der Waals surface area contributed by atoms with Crippen LogP contribution in [-0.4, -0.2) is 32.1 Å². The summed E-state index contributed by atoms with van der Waals surface area (Å²) < 4.78 is 2.10. The molecule has 1 aliphatic carbocycles. The van der Waals surface area contributed by atoms with Gasteiger partial charge in [0.15, 0.2) is 5.82 Å². The summed E-state index contributed by atoms with van der Waals surface area (Å²) in [6, 6.07) is 2.13. The molecule has 6 heteroatoms. The molecule has 22 heavy (non-hydrogen) atoms. The third-order valence-electron chi connectivity index (χ3n) is 4.77. The predicted octanol–water partition coefficient (Wildman–Crippen LogP) is 2.43. The molecular weight excluding hydrogens is 296 g/mol. The number of aryl methyl sites for hydroxylation is 2. The zero-order valence-corrected chi connectivity index (χ0v) is 13.8. The Morgan fingerprint density at radius 3 is 3.09 bits per heavy atom. The van der Waals surface area contributed by atoms with E-state index in [1.807, 2.05) is 11.8 Å². The second kappa shape index (κ2) is 5.19. The normalized spacial score (nSPS) is 20.6. The Bertz CT molecular complexity index is 733. The summed E-state index contributed by atoms with van der Waals surface area (Å²) >= 11 is 1.69. The minimum Gasteiger partial charge on any atom is -0.329 e. The van der Waals surface area contributed by atoms with Crippen molar-refractivity contribution in [1.82, 2.24) is 19.7 Å². The maximum Gasteiger partial charge on any atom is 0.264 e. The van der Waals surface area contributed by atoms with Crippen molar-refractivity contribution in [3.05, 3.63) is 33.0 Å². The first kappa shape index (κ1) is 13.9. The maximum absolute atomic E-state index is 12.8. The largest absolute Gasteiger partial charge is 0.329 e. The van der Waals surface area contributed by atoms with Gasteiger partial charge in [0.1, 0.15) is 5.82 Å². The van der Waals surface area contributed by atoms with Crippen LogP contribution in [-0.2, 0) is 25.9 Å². The minimum absolute atomic E-state index is 0.152. The molecule has 2 aliphatic rings. The number of carbonyl (C=O) groups excluding carboxylic acids is 1. The van der Waals surface area contributed by atoms with Gasteiger partial charge in [-0.1, -0.05) is 6.92 Å². The standard InChI is InChI=1S/C16H20N4OS/c1-10-3-4-13-12(7-10)8-14(22-13)16(21)19-5-6-20-11(2)17-18-15(20)9-19/h8,10H,3-7,9H2,1-2H3/t10-/m1/s1. The first-order valence-corrected chi connectivity index (χ1v) is 8.73. The molecule has 0 saturated carbocycles. The van der Waals surface area contributed by atoms with E-state index in [1.54, 1.807) is 11.3 Å². The zero-order valence-electron chi connectivity index (χ0n) is 13.0. The summed E-state index contributed by atoms with van der Waals surface area (Å²) in [5.74, 6) is 2.72. The van der Waals surface area contributed by atoms with Gasteiger partial charge in [0.25, 0.3) is 5.91 Å². The lowest BCUT2D eigenvalue weighted by Gasteiger charge is -2.27. The average Bonchev–Trinajstić information content (AvgIpc) is 3.09. The van der Waals surface area contributed by atoms with Gasteiger partial charge >= 0.3 is 0 Å². The van der Waals surface area contributed by atoms with Crippen LogP contribution >= 0.6 is 11.3 Å². The van der Waals surface area contributed by atoms with Crippen molar-refractivity contribution >= 4 is 17.2 Å². The molecule has 116 valence electrons. The highest BCUT2D eigenvalue weighted by atomic mass is 32.1. The Morgan fingerprint density at radius 1 is 1.36 bits per heavy atom. The van der Waals surface area contributed by atoms with E-state index in [-0.39, 0.29) is 5.91 Å². The fourth-order valence-corrected chi connectivity index (χ4v) is 4.62. The van der Waals surface area contributed by atoms with Crippen molar-refractivity contribution in [2.75, 3.05) is 6.54 Å². The smallest absolute Gasteiger partial charge is 0.264 e. The summed E-state index contributed by atoms with van der Waals surface area (Å²) in [4.78, 5) is 17.0. The Morgan fingerprint density at radius 2 is 2.23 bits per heavy atom. The molecule has 1 aliphatic heterocycles. The van der Waals surface area contributed by atoms with E-state index in [4.69, 9.17) is 0 Å². The molecule has 0 N–H and O–H groups in total. The third kappa shape index (κ3) is 2.26. The summed E-state index contributed by atoms with van der Waals surface area (Å²) in [5, 5.41) is 8.28. The second-order valence-corrected chi connectivity index (χ2v) is 7.59. The number of thiophene rings is 1. The van der Waals surface area contributed by atoms with Gasteiger partial charge in [0, 0.05) is 18.0 Å². The molecular formula is C16H20N4OS. The molecule has 1 atom stereocenters. The second-order valence-electron chi connectivity index (χ2n) is 6.45. The van der Waals surface area contributed by atoms with Crippen LogP contribution in [0.15, 0.2) is 6.07 Å². The Hall–Kier alpha value is -1.69. The number of hydrogen-bond acceptors (Lipinski definition) is 4. The number of aromatic nitrogens is 3. The number of rotatable bonds is 1. The summed E-state index contributed by atoms with van der Waals surface area (Å²) in [5.41, 5.74) is 1.39. The molecule has 2 aromatic rings. The molecule has 0 spiro atoms. The summed E-state index contributed by atoms with van der Waals surface area (Å²) in [6.45, 7) is 6.36.